The van der Waals surface area contributed by atoms with Crippen LogP contribution in [0.5, 0.6) is 11.5 Å². The first kappa shape index (κ1) is 14.8. The molecule has 0 radical (unpaired) electrons. The molecule has 0 unspecified atom stereocenters. The van der Waals surface area contributed by atoms with Gasteiger partial charge in [-0.3, -0.25) is 9.89 Å². The second-order valence-corrected chi connectivity index (χ2v) is 4.60. The monoisotopic (exact) mass is 278 g/mol. The van der Waals surface area contributed by atoms with Gasteiger partial charge in [0.2, 0.25) is 0 Å². The van der Waals surface area contributed by atoms with Crippen LogP contribution in [0.25, 0.3) is 0 Å². The number of methoxy groups -OCH3 is 2. The van der Waals surface area contributed by atoms with Crippen LogP contribution in [0.15, 0.2) is 23.2 Å². The van der Waals surface area contributed by atoms with Gasteiger partial charge in [0, 0.05) is 25.8 Å². The number of nitrogens with zero attached hydrogens (tertiary/aromatic N) is 2. The Hall–Kier alpha value is -1.59. The molecule has 0 amide bonds. The van der Waals surface area contributed by atoms with E-state index < -0.39 is 0 Å². The van der Waals surface area contributed by atoms with Gasteiger partial charge in [0.05, 0.1) is 34.0 Å². The van der Waals surface area contributed by atoms with Crippen LogP contribution < -0.4 is 9.47 Å². The van der Waals surface area contributed by atoms with Crippen molar-refractivity contribution in [3.8, 4) is 11.5 Å². The van der Waals surface area contributed by atoms with Crippen LogP contribution in [-0.4, -0.2) is 64.7 Å². The maximum Gasteiger partial charge on any atom is 0.161 e. The second kappa shape index (κ2) is 7.87. The molecule has 1 aliphatic heterocycles. The van der Waals surface area contributed by atoms with E-state index in [-0.39, 0.29) is 0 Å². The number of benzene rings is 1. The lowest BCUT2D eigenvalue weighted by Gasteiger charge is -2.25. The van der Waals surface area contributed by atoms with Crippen LogP contribution in [0, 0.1) is 0 Å². The predicted octanol–water partition coefficient (Wildman–Crippen LogP) is 1.45. The summed E-state index contributed by atoms with van der Waals surface area (Å²) in [7, 11) is 3.27. The summed E-state index contributed by atoms with van der Waals surface area (Å²) in [5, 5.41) is 0. The van der Waals surface area contributed by atoms with Gasteiger partial charge in [-0.05, 0) is 23.8 Å². The van der Waals surface area contributed by atoms with Gasteiger partial charge in [0.15, 0.2) is 11.5 Å². The third-order valence-corrected chi connectivity index (χ3v) is 3.30. The van der Waals surface area contributed by atoms with Crippen molar-refractivity contribution >= 4 is 6.21 Å². The SMILES string of the molecule is COc1ccc(C=NCCN2CCOCC2)cc1OC. The standard InChI is InChI=1S/C15H22N2O3/c1-18-14-4-3-13(11-15(14)19-2)12-16-5-6-17-7-9-20-10-8-17/h3-4,11-12H,5-10H2,1-2H3. The van der Waals surface area contributed by atoms with Crippen molar-refractivity contribution in [2.75, 3.05) is 53.6 Å². The molecule has 0 bridgehead atoms. The summed E-state index contributed by atoms with van der Waals surface area (Å²) in [5.74, 6) is 1.46. The van der Waals surface area contributed by atoms with Gasteiger partial charge >= 0.3 is 0 Å². The lowest BCUT2D eigenvalue weighted by atomic mass is 10.2. The average Bonchev–Trinajstić information content (AvgIpc) is 2.52. The Labute approximate surface area is 120 Å². The highest BCUT2D eigenvalue weighted by atomic mass is 16.5. The molecule has 1 saturated heterocycles. The molecule has 0 N–H and O–H groups in total. The van der Waals surface area contributed by atoms with Crippen molar-refractivity contribution in [1.29, 1.82) is 0 Å². The van der Waals surface area contributed by atoms with Gasteiger partial charge in [0.1, 0.15) is 0 Å². The third-order valence-electron chi connectivity index (χ3n) is 3.30. The first-order valence-corrected chi connectivity index (χ1v) is 6.85. The van der Waals surface area contributed by atoms with E-state index in [1.54, 1.807) is 14.2 Å². The molecule has 5 heteroatoms. The molecule has 1 aliphatic rings. The van der Waals surface area contributed by atoms with Gasteiger partial charge in [-0.25, -0.2) is 0 Å². The molecule has 1 heterocycles. The third kappa shape index (κ3) is 4.21. The Balaban J connectivity index is 1.84. The molecule has 0 saturated carbocycles. The number of rotatable bonds is 6. The zero-order chi connectivity index (χ0) is 14.2. The van der Waals surface area contributed by atoms with E-state index in [1.165, 1.54) is 0 Å². The molecule has 5 nitrogen and oxygen atoms in total. The average molecular weight is 278 g/mol. The minimum absolute atomic E-state index is 0.727. The first-order chi connectivity index (χ1) is 9.83. The molecule has 0 aliphatic carbocycles. The summed E-state index contributed by atoms with van der Waals surface area (Å²) in [6.45, 7) is 5.46. The molecular formula is C15H22N2O3. The van der Waals surface area contributed by atoms with Crippen LogP contribution in [0.2, 0.25) is 0 Å². The fourth-order valence-electron chi connectivity index (χ4n) is 2.13. The largest absolute Gasteiger partial charge is 0.493 e. The van der Waals surface area contributed by atoms with Gasteiger partial charge in [-0.1, -0.05) is 0 Å². The van der Waals surface area contributed by atoms with Crippen molar-refractivity contribution in [3.05, 3.63) is 23.8 Å². The summed E-state index contributed by atoms with van der Waals surface area (Å²) in [6.07, 6.45) is 1.88. The number of hydrogen-bond donors (Lipinski definition) is 0. The summed E-state index contributed by atoms with van der Waals surface area (Å²) >= 11 is 0. The Morgan fingerprint density at radius 1 is 1.20 bits per heavy atom. The quantitative estimate of drug-likeness (QED) is 0.739. The zero-order valence-electron chi connectivity index (χ0n) is 12.2. The van der Waals surface area contributed by atoms with E-state index in [0.717, 1.165) is 56.5 Å². The van der Waals surface area contributed by atoms with Gasteiger partial charge in [-0.15, -0.1) is 0 Å². The topological polar surface area (TPSA) is 43.3 Å². The Kier molecular flexibility index (Phi) is 5.83. The molecule has 0 atom stereocenters. The molecule has 1 aromatic rings. The summed E-state index contributed by atoms with van der Waals surface area (Å²) in [4.78, 5) is 6.83. The molecule has 0 spiro atoms. The zero-order valence-corrected chi connectivity index (χ0v) is 12.2. The van der Waals surface area contributed by atoms with E-state index in [9.17, 15) is 0 Å². The maximum atomic E-state index is 5.32. The number of morpholine rings is 1. The second-order valence-electron chi connectivity index (χ2n) is 4.60. The first-order valence-electron chi connectivity index (χ1n) is 6.85. The van der Waals surface area contributed by atoms with E-state index in [1.807, 2.05) is 24.4 Å². The molecule has 110 valence electrons. The Morgan fingerprint density at radius 3 is 2.65 bits per heavy atom. The lowest BCUT2D eigenvalue weighted by molar-refractivity contribution is 0.0395. The Morgan fingerprint density at radius 2 is 1.95 bits per heavy atom. The Bertz CT molecular complexity index is 443. The van der Waals surface area contributed by atoms with Crippen molar-refractivity contribution in [3.63, 3.8) is 0 Å². The highest BCUT2D eigenvalue weighted by Gasteiger charge is 2.08. The molecule has 1 fully saturated rings. The molecule has 1 aromatic carbocycles. The normalized spacial score (nSPS) is 16.5. The molecule has 20 heavy (non-hydrogen) atoms. The highest BCUT2D eigenvalue weighted by Crippen LogP contribution is 2.26. The van der Waals surface area contributed by atoms with Gasteiger partial charge < -0.3 is 14.2 Å². The van der Waals surface area contributed by atoms with Crippen molar-refractivity contribution in [1.82, 2.24) is 4.90 Å². The molecular weight excluding hydrogens is 256 g/mol. The van der Waals surface area contributed by atoms with Crippen LogP contribution in [0.4, 0.5) is 0 Å². The van der Waals surface area contributed by atoms with Crippen LogP contribution >= 0.6 is 0 Å². The fourth-order valence-corrected chi connectivity index (χ4v) is 2.13. The summed E-state index contributed by atoms with van der Waals surface area (Å²) in [5.41, 5.74) is 1.02. The minimum Gasteiger partial charge on any atom is -0.493 e. The number of ether oxygens (including phenoxy) is 3. The van der Waals surface area contributed by atoms with Crippen LogP contribution in [0.3, 0.4) is 0 Å². The maximum absolute atomic E-state index is 5.32. The van der Waals surface area contributed by atoms with Gasteiger partial charge in [0.25, 0.3) is 0 Å². The van der Waals surface area contributed by atoms with E-state index in [0.29, 0.717) is 0 Å². The predicted molar refractivity (Wildman–Crippen MR) is 79.3 cm³/mol. The molecule has 2 rings (SSSR count). The van der Waals surface area contributed by atoms with E-state index in [2.05, 4.69) is 9.89 Å². The van der Waals surface area contributed by atoms with E-state index in [4.69, 9.17) is 14.2 Å². The molecule has 0 aromatic heterocycles. The summed E-state index contributed by atoms with van der Waals surface area (Å²) in [6, 6.07) is 5.79. The number of hydrogen-bond acceptors (Lipinski definition) is 5. The highest BCUT2D eigenvalue weighted by molar-refractivity contribution is 5.80. The van der Waals surface area contributed by atoms with Crippen molar-refractivity contribution in [2.45, 2.75) is 0 Å². The smallest absolute Gasteiger partial charge is 0.161 e. The van der Waals surface area contributed by atoms with Crippen LogP contribution in [-0.2, 0) is 4.74 Å². The minimum atomic E-state index is 0.727. The lowest BCUT2D eigenvalue weighted by Crippen LogP contribution is -2.37. The van der Waals surface area contributed by atoms with Crippen molar-refractivity contribution in [2.24, 2.45) is 4.99 Å². The van der Waals surface area contributed by atoms with E-state index >= 15 is 0 Å². The van der Waals surface area contributed by atoms with Gasteiger partial charge in [-0.2, -0.15) is 0 Å². The fraction of sp³-hybridized carbons (Fsp3) is 0.533. The van der Waals surface area contributed by atoms with Crippen LogP contribution in [0.1, 0.15) is 5.56 Å². The van der Waals surface area contributed by atoms with Crippen molar-refractivity contribution < 1.29 is 14.2 Å². The number of aliphatic imine (C=N–C) groups is 1. The summed E-state index contributed by atoms with van der Waals surface area (Å²) < 4.78 is 15.8.